The summed E-state index contributed by atoms with van der Waals surface area (Å²) in [5.74, 6) is 2.98. The largest absolute Gasteiger partial charge is 0.465 e. The van der Waals surface area contributed by atoms with E-state index < -0.39 is 0 Å². The van der Waals surface area contributed by atoms with E-state index in [-0.39, 0.29) is 23.0 Å². The first-order valence-electron chi connectivity index (χ1n) is 11.9. The Balaban J connectivity index is 1.63. The highest BCUT2D eigenvalue weighted by atomic mass is 16.5. The molecule has 0 saturated heterocycles. The molecule has 4 fully saturated rings. The molecular weight excluding hydrogens is 378 g/mol. The minimum atomic E-state index is -0.0322. The highest BCUT2D eigenvalue weighted by Crippen LogP contribution is 2.68. The molecule has 0 radical (unpaired) electrons. The molecule has 10 atom stereocenters. The maximum absolute atomic E-state index is 11.5. The Morgan fingerprint density at radius 3 is 2.40 bits per heavy atom. The molecule has 4 saturated carbocycles. The summed E-state index contributed by atoms with van der Waals surface area (Å²) in [6.07, 6.45) is 9.18. The van der Waals surface area contributed by atoms with Crippen molar-refractivity contribution in [3.05, 3.63) is 0 Å². The summed E-state index contributed by atoms with van der Waals surface area (Å²) >= 11 is 0. The lowest BCUT2D eigenvalue weighted by Gasteiger charge is -2.62. The maximum atomic E-state index is 11.5. The molecule has 5 nitrogen and oxygen atoms in total. The first-order valence-corrected chi connectivity index (χ1v) is 11.9. The van der Waals surface area contributed by atoms with Gasteiger partial charge in [-0.05, 0) is 91.8 Å². The Hall–Kier alpha value is -1.57. The van der Waals surface area contributed by atoms with Gasteiger partial charge in [-0.3, -0.25) is 9.59 Å². The quantitative estimate of drug-likeness (QED) is 0.577. The van der Waals surface area contributed by atoms with Gasteiger partial charge in [-0.2, -0.15) is 5.26 Å². The van der Waals surface area contributed by atoms with Gasteiger partial charge >= 0.3 is 0 Å². The summed E-state index contributed by atoms with van der Waals surface area (Å²) in [6.45, 7) is 8.41. The molecule has 0 heterocycles. The van der Waals surface area contributed by atoms with Gasteiger partial charge in [0.1, 0.15) is 12.2 Å². The molecular formula is C25H37NO4. The molecule has 166 valence electrons. The van der Waals surface area contributed by atoms with Gasteiger partial charge in [0.2, 0.25) is 0 Å². The fourth-order valence-electron chi connectivity index (χ4n) is 8.84. The Labute approximate surface area is 180 Å². The first-order chi connectivity index (χ1) is 14.4. The fourth-order valence-corrected chi connectivity index (χ4v) is 8.84. The smallest absolute Gasteiger partial charge is 0.293 e. The van der Waals surface area contributed by atoms with Crippen molar-refractivity contribution in [1.29, 1.82) is 5.26 Å². The third kappa shape index (κ3) is 3.26. The van der Waals surface area contributed by atoms with Gasteiger partial charge < -0.3 is 9.47 Å². The van der Waals surface area contributed by atoms with E-state index in [9.17, 15) is 14.9 Å². The molecule has 0 aromatic rings. The van der Waals surface area contributed by atoms with Gasteiger partial charge in [-0.25, -0.2) is 0 Å². The van der Waals surface area contributed by atoms with Crippen LogP contribution < -0.4 is 0 Å². The van der Waals surface area contributed by atoms with Crippen LogP contribution in [0.25, 0.3) is 0 Å². The van der Waals surface area contributed by atoms with Crippen LogP contribution in [0.15, 0.2) is 0 Å². The van der Waals surface area contributed by atoms with Crippen molar-refractivity contribution in [2.45, 2.75) is 90.8 Å². The van der Waals surface area contributed by atoms with Gasteiger partial charge in [-0.1, -0.05) is 20.8 Å². The molecule has 0 aromatic heterocycles. The zero-order valence-corrected chi connectivity index (χ0v) is 18.7. The molecule has 4 aliphatic rings. The molecule has 0 bridgehead atoms. The lowest BCUT2D eigenvalue weighted by atomic mass is 9.43. The summed E-state index contributed by atoms with van der Waals surface area (Å²) < 4.78 is 11.1. The fraction of sp³-hybridized carbons (Fsp3) is 0.880. The Kier molecular flexibility index (Phi) is 5.90. The number of hydrogen-bond donors (Lipinski definition) is 0. The topological polar surface area (TPSA) is 76.4 Å². The minimum absolute atomic E-state index is 0.00514. The van der Waals surface area contributed by atoms with Gasteiger partial charge in [0.15, 0.2) is 0 Å². The monoisotopic (exact) mass is 415 g/mol. The van der Waals surface area contributed by atoms with E-state index in [1.165, 1.54) is 25.7 Å². The Bertz CT molecular complexity index is 704. The lowest BCUT2D eigenvalue weighted by Crippen LogP contribution is -2.59. The normalized spacial score (nSPS) is 48.3. The molecule has 0 unspecified atom stereocenters. The molecule has 0 aromatic carbocycles. The number of nitrogens with zero attached hydrogens (tertiary/aromatic N) is 1. The molecule has 0 spiro atoms. The van der Waals surface area contributed by atoms with E-state index in [1.807, 2.05) is 0 Å². The second kappa shape index (κ2) is 8.17. The molecule has 4 aliphatic carbocycles. The number of carbonyl (C=O) groups is 2. The van der Waals surface area contributed by atoms with Crippen LogP contribution in [0.3, 0.4) is 0 Å². The van der Waals surface area contributed by atoms with Crippen molar-refractivity contribution in [1.82, 2.24) is 0 Å². The van der Waals surface area contributed by atoms with E-state index >= 15 is 0 Å². The summed E-state index contributed by atoms with van der Waals surface area (Å²) in [5, 5.41) is 9.26. The zero-order valence-electron chi connectivity index (χ0n) is 18.7. The van der Waals surface area contributed by atoms with E-state index in [0.717, 1.165) is 25.7 Å². The van der Waals surface area contributed by atoms with Crippen molar-refractivity contribution in [3.8, 4) is 6.07 Å². The van der Waals surface area contributed by atoms with Gasteiger partial charge in [0, 0.05) is 12.3 Å². The van der Waals surface area contributed by atoms with Crippen LogP contribution in [0.1, 0.15) is 78.6 Å². The molecule has 0 amide bonds. The average Bonchev–Trinajstić information content (AvgIpc) is 3.07. The summed E-state index contributed by atoms with van der Waals surface area (Å²) in [7, 11) is 0. The van der Waals surface area contributed by atoms with Crippen molar-refractivity contribution < 1.29 is 19.1 Å². The van der Waals surface area contributed by atoms with Crippen LogP contribution >= 0.6 is 0 Å². The van der Waals surface area contributed by atoms with Crippen LogP contribution in [0.2, 0.25) is 0 Å². The number of nitriles is 1. The van der Waals surface area contributed by atoms with E-state index in [1.54, 1.807) is 0 Å². The van der Waals surface area contributed by atoms with Crippen LogP contribution in [0.4, 0.5) is 0 Å². The minimum Gasteiger partial charge on any atom is -0.465 e. The molecule has 0 aliphatic heterocycles. The number of ether oxygens (including phenoxy) is 2. The predicted octanol–water partition coefficient (Wildman–Crippen LogP) is 4.89. The number of hydrogen-bond acceptors (Lipinski definition) is 5. The van der Waals surface area contributed by atoms with Gasteiger partial charge in [-0.15, -0.1) is 0 Å². The van der Waals surface area contributed by atoms with E-state index in [2.05, 4.69) is 26.8 Å². The third-order valence-corrected chi connectivity index (χ3v) is 10.3. The Morgan fingerprint density at radius 1 is 1.00 bits per heavy atom. The van der Waals surface area contributed by atoms with E-state index in [0.29, 0.717) is 54.9 Å². The second-order valence-electron chi connectivity index (χ2n) is 11.2. The molecule has 5 heteroatoms. The Morgan fingerprint density at radius 2 is 1.70 bits per heavy atom. The zero-order chi connectivity index (χ0) is 21.5. The van der Waals surface area contributed by atoms with Crippen molar-refractivity contribution >= 4 is 12.9 Å². The molecule has 4 rings (SSSR count). The highest BCUT2D eigenvalue weighted by molar-refractivity contribution is 5.38. The van der Waals surface area contributed by atoms with Crippen LogP contribution in [0, 0.1) is 57.7 Å². The maximum Gasteiger partial charge on any atom is 0.293 e. The van der Waals surface area contributed by atoms with Crippen molar-refractivity contribution in [3.63, 3.8) is 0 Å². The van der Waals surface area contributed by atoms with E-state index in [4.69, 9.17) is 9.47 Å². The summed E-state index contributed by atoms with van der Waals surface area (Å²) in [5.41, 5.74) is 0.469. The van der Waals surface area contributed by atoms with Crippen LogP contribution in [-0.2, 0) is 19.1 Å². The van der Waals surface area contributed by atoms with Crippen LogP contribution in [0.5, 0.6) is 0 Å². The van der Waals surface area contributed by atoms with Crippen molar-refractivity contribution in [2.75, 3.05) is 0 Å². The lowest BCUT2D eigenvalue weighted by molar-refractivity contribution is -0.190. The van der Waals surface area contributed by atoms with Crippen LogP contribution in [-0.4, -0.2) is 25.2 Å². The van der Waals surface area contributed by atoms with Gasteiger partial charge in [0.25, 0.3) is 12.9 Å². The highest BCUT2D eigenvalue weighted by Gasteiger charge is 2.63. The number of carbonyl (C=O) groups excluding carboxylic acids is 2. The molecule has 30 heavy (non-hydrogen) atoms. The average molecular weight is 416 g/mol. The first kappa shape index (κ1) is 21.7. The predicted molar refractivity (Wildman–Crippen MR) is 112 cm³/mol. The number of rotatable bonds is 6. The number of fused-ring (bicyclic) bond motifs is 5. The molecule has 0 N–H and O–H groups in total. The summed E-state index contributed by atoms with van der Waals surface area (Å²) in [4.78, 5) is 22.3. The van der Waals surface area contributed by atoms with Gasteiger partial charge in [0.05, 0.1) is 6.07 Å². The summed E-state index contributed by atoms with van der Waals surface area (Å²) in [6, 6.07) is 2.39. The SMILES string of the molecule is C[C@H](CC#N)[C@H]1CC[C@H]2[C@@H]3[C@@H](OC=O)C[C@@H]4C[C@H](OC=O)CC[C@]4(C)[C@H]3CC[C@]12C. The standard InChI is InChI=1S/C25H37NO4/c1-16(8-11-26)19-4-5-20-23-21(7-10-25(19,20)3)24(2)9-6-18(29-14-27)12-17(24)13-22(23)30-15-28/h14-23H,4-10,12-13H2,1-3H3/t16-,17+,18-,19-,20+,21+,22+,23+,24+,25-/m1/s1. The van der Waals surface area contributed by atoms with Crippen molar-refractivity contribution in [2.24, 2.45) is 46.3 Å². The second-order valence-corrected chi connectivity index (χ2v) is 11.2. The third-order valence-electron chi connectivity index (χ3n) is 10.3.